The maximum atomic E-state index is 12.8. The Labute approximate surface area is 151 Å². The number of amides is 3. The number of hydrogen-bond donors (Lipinski definition) is 0. The van der Waals surface area contributed by atoms with Gasteiger partial charge >= 0.3 is 0 Å². The summed E-state index contributed by atoms with van der Waals surface area (Å²) in [5, 5.41) is 0. The van der Waals surface area contributed by atoms with Gasteiger partial charge in [-0.15, -0.1) is 0 Å². The predicted octanol–water partition coefficient (Wildman–Crippen LogP) is 2.75. The normalized spacial score (nSPS) is 17.6. The summed E-state index contributed by atoms with van der Waals surface area (Å²) in [6.07, 6.45) is 3.48. The van der Waals surface area contributed by atoms with Crippen molar-refractivity contribution < 1.29 is 14.4 Å². The Kier molecular flexibility index (Phi) is 4.03. The van der Waals surface area contributed by atoms with Crippen molar-refractivity contribution >= 4 is 23.4 Å². The van der Waals surface area contributed by atoms with Crippen LogP contribution >= 0.6 is 0 Å². The zero-order valence-electron chi connectivity index (χ0n) is 14.5. The van der Waals surface area contributed by atoms with Gasteiger partial charge in [0.1, 0.15) is 5.69 Å². The molecule has 0 aliphatic carbocycles. The minimum absolute atomic E-state index is 0.0616. The first kappa shape index (κ1) is 16.4. The van der Waals surface area contributed by atoms with Crippen molar-refractivity contribution in [3.8, 4) is 0 Å². The van der Waals surface area contributed by atoms with E-state index in [-0.39, 0.29) is 11.6 Å². The lowest BCUT2D eigenvalue weighted by molar-refractivity contribution is 0.0696. The van der Waals surface area contributed by atoms with Crippen LogP contribution in [0.2, 0.25) is 0 Å². The number of nitrogens with zero attached hydrogens (tertiary/aromatic N) is 3. The Hall–Kier alpha value is -3.02. The van der Waals surface area contributed by atoms with Crippen molar-refractivity contribution in [3.05, 3.63) is 59.4 Å². The lowest BCUT2D eigenvalue weighted by Gasteiger charge is -2.30. The largest absolute Gasteiger partial charge is 0.339 e. The molecule has 3 heterocycles. The maximum Gasteiger partial charge on any atom is 0.284 e. The average molecular weight is 349 g/mol. The summed E-state index contributed by atoms with van der Waals surface area (Å²) in [4.78, 5) is 44.9. The summed E-state index contributed by atoms with van der Waals surface area (Å²) >= 11 is 0. The molecule has 2 aliphatic heterocycles. The standard InChI is InChI=1S/C20H19N3O3/c1-13-7-10-22(11-8-13)18(24)14-4-2-5-15(12-14)23-19(25)16-6-3-9-21-17(16)20(23)26/h2-6,9,12-13H,7-8,10-11H2,1H3. The molecule has 6 nitrogen and oxygen atoms in total. The molecule has 0 bridgehead atoms. The van der Waals surface area contributed by atoms with E-state index in [1.54, 1.807) is 36.4 Å². The van der Waals surface area contributed by atoms with Crippen molar-refractivity contribution in [1.29, 1.82) is 0 Å². The van der Waals surface area contributed by atoms with Gasteiger partial charge in [0, 0.05) is 24.8 Å². The molecule has 0 spiro atoms. The zero-order chi connectivity index (χ0) is 18.3. The molecule has 4 rings (SSSR count). The number of likely N-dealkylation sites (tertiary alicyclic amines) is 1. The highest BCUT2D eigenvalue weighted by atomic mass is 16.2. The van der Waals surface area contributed by atoms with Crippen molar-refractivity contribution in [2.75, 3.05) is 18.0 Å². The number of carbonyl (C=O) groups excluding carboxylic acids is 3. The number of pyridine rings is 1. The molecule has 2 aliphatic rings. The Morgan fingerprint density at radius 1 is 1.08 bits per heavy atom. The van der Waals surface area contributed by atoms with Crippen molar-refractivity contribution in [3.63, 3.8) is 0 Å². The van der Waals surface area contributed by atoms with Crippen LogP contribution in [-0.2, 0) is 0 Å². The second kappa shape index (κ2) is 6.37. The first-order valence-corrected chi connectivity index (χ1v) is 8.79. The summed E-state index contributed by atoms with van der Waals surface area (Å²) in [6.45, 7) is 3.67. The van der Waals surface area contributed by atoms with Gasteiger partial charge < -0.3 is 4.90 Å². The van der Waals surface area contributed by atoms with Crippen LogP contribution in [0.15, 0.2) is 42.6 Å². The molecule has 6 heteroatoms. The van der Waals surface area contributed by atoms with Gasteiger partial charge in [-0.3, -0.25) is 19.4 Å². The third-order valence-electron chi connectivity index (χ3n) is 5.07. The smallest absolute Gasteiger partial charge is 0.284 e. The van der Waals surface area contributed by atoms with Crippen LogP contribution < -0.4 is 4.90 Å². The molecule has 132 valence electrons. The number of fused-ring (bicyclic) bond motifs is 1. The molecular formula is C20H19N3O3. The number of aromatic nitrogens is 1. The fraction of sp³-hybridized carbons (Fsp3) is 0.300. The number of benzene rings is 1. The number of anilines is 1. The molecule has 1 fully saturated rings. The summed E-state index contributed by atoms with van der Waals surface area (Å²) in [5.74, 6) is -0.291. The fourth-order valence-electron chi connectivity index (χ4n) is 3.47. The highest BCUT2D eigenvalue weighted by Crippen LogP contribution is 2.28. The summed E-state index contributed by atoms with van der Waals surface area (Å²) in [6, 6.07) is 9.92. The Balaban J connectivity index is 1.62. The first-order valence-electron chi connectivity index (χ1n) is 8.79. The minimum Gasteiger partial charge on any atom is -0.339 e. The van der Waals surface area contributed by atoms with E-state index in [9.17, 15) is 14.4 Å². The molecule has 0 N–H and O–H groups in total. The molecule has 1 aromatic carbocycles. The lowest BCUT2D eigenvalue weighted by atomic mass is 9.98. The molecule has 3 amide bonds. The maximum absolute atomic E-state index is 12.8. The molecular weight excluding hydrogens is 330 g/mol. The second-order valence-electron chi connectivity index (χ2n) is 6.87. The number of hydrogen-bond acceptors (Lipinski definition) is 4. The van der Waals surface area contributed by atoms with Gasteiger partial charge in [-0.25, -0.2) is 4.90 Å². The lowest BCUT2D eigenvalue weighted by Crippen LogP contribution is -2.38. The van der Waals surface area contributed by atoms with E-state index in [2.05, 4.69) is 11.9 Å². The van der Waals surface area contributed by atoms with E-state index in [0.29, 0.717) is 22.7 Å². The van der Waals surface area contributed by atoms with E-state index in [1.807, 2.05) is 4.90 Å². The zero-order valence-corrected chi connectivity index (χ0v) is 14.5. The van der Waals surface area contributed by atoms with Gasteiger partial charge in [0.15, 0.2) is 0 Å². The number of carbonyl (C=O) groups is 3. The molecule has 1 aromatic heterocycles. The van der Waals surface area contributed by atoms with Crippen LogP contribution in [0.5, 0.6) is 0 Å². The molecule has 26 heavy (non-hydrogen) atoms. The molecule has 0 atom stereocenters. The van der Waals surface area contributed by atoms with Crippen LogP contribution in [0, 0.1) is 5.92 Å². The predicted molar refractivity (Wildman–Crippen MR) is 96.1 cm³/mol. The number of rotatable bonds is 2. The molecule has 0 saturated carbocycles. The van der Waals surface area contributed by atoms with E-state index in [4.69, 9.17) is 0 Å². The average Bonchev–Trinajstić information content (AvgIpc) is 2.93. The first-order chi connectivity index (χ1) is 12.6. The van der Waals surface area contributed by atoms with Crippen LogP contribution in [0.4, 0.5) is 5.69 Å². The number of piperidine rings is 1. The van der Waals surface area contributed by atoms with Crippen LogP contribution in [0.25, 0.3) is 0 Å². The Morgan fingerprint density at radius 3 is 2.58 bits per heavy atom. The van der Waals surface area contributed by atoms with Gasteiger partial charge in [-0.2, -0.15) is 0 Å². The molecule has 0 radical (unpaired) electrons. The topological polar surface area (TPSA) is 70.6 Å². The third kappa shape index (κ3) is 2.67. The van der Waals surface area contributed by atoms with Crippen molar-refractivity contribution in [1.82, 2.24) is 9.88 Å². The quantitative estimate of drug-likeness (QED) is 0.782. The molecule has 0 unspecified atom stereocenters. The van der Waals surface area contributed by atoms with Crippen LogP contribution in [0.1, 0.15) is 51.0 Å². The number of imide groups is 1. The van der Waals surface area contributed by atoms with Gasteiger partial charge in [-0.1, -0.05) is 13.0 Å². The highest BCUT2D eigenvalue weighted by Gasteiger charge is 2.38. The van der Waals surface area contributed by atoms with E-state index < -0.39 is 11.8 Å². The van der Waals surface area contributed by atoms with Gasteiger partial charge in [-0.05, 0) is 49.1 Å². The molecule has 1 saturated heterocycles. The van der Waals surface area contributed by atoms with E-state index in [1.165, 1.54) is 6.20 Å². The van der Waals surface area contributed by atoms with Gasteiger partial charge in [0.25, 0.3) is 17.7 Å². The highest BCUT2D eigenvalue weighted by molar-refractivity contribution is 6.33. The summed E-state index contributed by atoms with van der Waals surface area (Å²) in [5.41, 5.74) is 1.33. The van der Waals surface area contributed by atoms with Gasteiger partial charge in [0.2, 0.25) is 0 Å². The summed E-state index contributed by atoms with van der Waals surface area (Å²) in [7, 11) is 0. The van der Waals surface area contributed by atoms with Crippen LogP contribution in [-0.4, -0.2) is 40.7 Å². The Morgan fingerprint density at radius 2 is 1.85 bits per heavy atom. The minimum atomic E-state index is -0.456. The fourth-order valence-corrected chi connectivity index (χ4v) is 3.47. The SMILES string of the molecule is CC1CCN(C(=O)c2cccc(N3C(=O)c4cccnc4C3=O)c2)CC1. The van der Waals surface area contributed by atoms with Crippen LogP contribution in [0.3, 0.4) is 0 Å². The van der Waals surface area contributed by atoms with E-state index >= 15 is 0 Å². The monoisotopic (exact) mass is 349 g/mol. The third-order valence-corrected chi connectivity index (χ3v) is 5.07. The van der Waals surface area contributed by atoms with Gasteiger partial charge in [0.05, 0.1) is 11.3 Å². The van der Waals surface area contributed by atoms with E-state index in [0.717, 1.165) is 30.8 Å². The van der Waals surface area contributed by atoms with Crippen molar-refractivity contribution in [2.24, 2.45) is 5.92 Å². The summed E-state index contributed by atoms with van der Waals surface area (Å²) < 4.78 is 0. The Bertz CT molecular complexity index is 866. The second-order valence-corrected chi connectivity index (χ2v) is 6.87. The van der Waals surface area contributed by atoms with Crippen molar-refractivity contribution in [2.45, 2.75) is 19.8 Å². The molecule has 2 aromatic rings.